The van der Waals surface area contributed by atoms with Crippen molar-refractivity contribution in [1.29, 1.82) is 0 Å². The van der Waals surface area contributed by atoms with Crippen molar-refractivity contribution in [2.75, 3.05) is 0 Å². The molecule has 0 radical (unpaired) electrons. The van der Waals surface area contributed by atoms with Gasteiger partial charge in [0.25, 0.3) is 0 Å². The average Bonchev–Trinajstić information content (AvgIpc) is 2.22. The standard InChI is InChI=1S/C12H16ClIN2/c13-11-10(14)8-15-12(16-11)9-6-4-2-1-3-5-7-9/h8-9H,1-7H2. The van der Waals surface area contributed by atoms with Crippen molar-refractivity contribution in [3.05, 3.63) is 20.7 Å². The molecule has 1 saturated carbocycles. The van der Waals surface area contributed by atoms with E-state index in [2.05, 4.69) is 32.6 Å². The van der Waals surface area contributed by atoms with E-state index in [0.717, 1.165) is 9.39 Å². The third-order valence-corrected chi connectivity index (χ3v) is 4.59. The zero-order valence-corrected chi connectivity index (χ0v) is 12.2. The van der Waals surface area contributed by atoms with E-state index in [1.165, 1.54) is 44.9 Å². The Morgan fingerprint density at radius 3 is 2.38 bits per heavy atom. The van der Waals surface area contributed by atoms with Crippen LogP contribution in [0.4, 0.5) is 0 Å². The lowest BCUT2D eigenvalue weighted by Gasteiger charge is -2.18. The van der Waals surface area contributed by atoms with Crippen molar-refractivity contribution in [3.8, 4) is 0 Å². The summed E-state index contributed by atoms with van der Waals surface area (Å²) in [5.41, 5.74) is 0. The zero-order valence-electron chi connectivity index (χ0n) is 9.25. The summed E-state index contributed by atoms with van der Waals surface area (Å²) < 4.78 is 0.939. The number of rotatable bonds is 1. The van der Waals surface area contributed by atoms with E-state index in [4.69, 9.17) is 11.6 Å². The van der Waals surface area contributed by atoms with Gasteiger partial charge in [-0.2, -0.15) is 0 Å². The van der Waals surface area contributed by atoms with Crippen LogP contribution in [0.5, 0.6) is 0 Å². The SMILES string of the molecule is Clc1nc(C2CCCCCCC2)ncc1I. The molecule has 88 valence electrons. The van der Waals surface area contributed by atoms with E-state index in [-0.39, 0.29) is 0 Å². The molecule has 2 nitrogen and oxygen atoms in total. The van der Waals surface area contributed by atoms with Crippen molar-refractivity contribution in [2.24, 2.45) is 0 Å². The fraction of sp³-hybridized carbons (Fsp3) is 0.667. The lowest BCUT2D eigenvalue weighted by atomic mass is 9.90. The first-order valence-corrected chi connectivity index (χ1v) is 7.41. The van der Waals surface area contributed by atoms with Gasteiger partial charge in [0.15, 0.2) is 0 Å². The van der Waals surface area contributed by atoms with E-state index in [1.807, 2.05) is 6.20 Å². The van der Waals surface area contributed by atoms with E-state index in [1.54, 1.807) is 0 Å². The van der Waals surface area contributed by atoms with Crippen LogP contribution >= 0.6 is 34.2 Å². The normalized spacial score (nSPS) is 19.1. The molecule has 0 bridgehead atoms. The molecule has 1 aliphatic carbocycles. The lowest BCUT2D eigenvalue weighted by Crippen LogP contribution is -2.07. The van der Waals surface area contributed by atoms with Crippen LogP contribution in [0.15, 0.2) is 6.20 Å². The largest absolute Gasteiger partial charge is 0.240 e. The van der Waals surface area contributed by atoms with E-state index < -0.39 is 0 Å². The minimum atomic E-state index is 0.523. The summed E-state index contributed by atoms with van der Waals surface area (Å²) in [4.78, 5) is 8.85. The van der Waals surface area contributed by atoms with Crippen molar-refractivity contribution < 1.29 is 0 Å². The fourth-order valence-corrected chi connectivity index (χ4v) is 2.67. The molecule has 0 saturated heterocycles. The number of hydrogen-bond donors (Lipinski definition) is 0. The molecule has 1 aliphatic rings. The second kappa shape index (κ2) is 6.15. The van der Waals surface area contributed by atoms with Gasteiger partial charge in [-0.25, -0.2) is 9.97 Å². The third kappa shape index (κ3) is 3.29. The monoisotopic (exact) mass is 350 g/mol. The molecule has 0 aromatic carbocycles. The third-order valence-electron chi connectivity index (χ3n) is 3.19. The molecule has 1 heterocycles. The molecule has 0 amide bonds. The number of hydrogen-bond acceptors (Lipinski definition) is 2. The molecule has 2 rings (SSSR count). The molecule has 0 unspecified atom stereocenters. The highest BCUT2D eigenvalue weighted by atomic mass is 127. The molecule has 1 aromatic heterocycles. The Morgan fingerprint density at radius 1 is 1.12 bits per heavy atom. The lowest BCUT2D eigenvalue weighted by molar-refractivity contribution is 0.442. The molecule has 0 atom stereocenters. The molecular weight excluding hydrogens is 335 g/mol. The van der Waals surface area contributed by atoms with Gasteiger partial charge < -0.3 is 0 Å². The molecule has 16 heavy (non-hydrogen) atoms. The maximum atomic E-state index is 6.05. The summed E-state index contributed by atoms with van der Waals surface area (Å²) in [6, 6.07) is 0. The molecule has 1 aromatic rings. The van der Waals surface area contributed by atoms with Crippen LogP contribution in [-0.4, -0.2) is 9.97 Å². The molecular formula is C12H16ClIN2. The topological polar surface area (TPSA) is 25.8 Å². The minimum Gasteiger partial charge on any atom is -0.240 e. The Morgan fingerprint density at radius 2 is 1.75 bits per heavy atom. The zero-order chi connectivity index (χ0) is 11.4. The van der Waals surface area contributed by atoms with Gasteiger partial charge in [-0.15, -0.1) is 0 Å². The Bertz CT molecular complexity index is 349. The highest BCUT2D eigenvalue weighted by Crippen LogP contribution is 2.29. The molecule has 0 aliphatic heterocycles. The second-order valence-electron chi connectivity index (χ2n) is 4.41. The van der Waals surface area contributed by atoms with Crippen LogP contribution in [0.25, 0.3) is 0 Å². The molecule has 4 heteroatoms. The molecule has 0 spiro atoms. The van der Waals surface area contributed by atoms with Crippen LogP contribution in [0.3, 0.4) is 0 Å². The molecule has 0 N–H and O–H groups in total. The highest BCUT2D eigenvalue weighted by molar-refractivity contribution is 14.1. The smallest absolute Gasteiger partial charge is 0.146 e. The first-order valence-electron chi connectivity index (χ1n) is 5.95. The summed E-state index contributed by atoms with van der Waals surface area (Å²) in [6.45, 7) is 0. The van der Waals surface area contributed by atoms with Gasteiger partial charge in [0.05, 0.1) is 3.57 Å². The van der Waals surface area contributed by atoms with Gasteiger partial charge in [0.1, 0.15) is 11.0 Å². The van der Waals surface area contributed by atoms with Crippen LogP contribution in [0.2, 0.25) is 5.15 Å². The highest BCUT2D eigenvalue weighted by Gasteiger charge is 2.17. The quantitative estimate of drug-likeness (QED) is 0.548. The summed E-state index contributed by atoms with van der Waals surface area (Å²) in [5.74, 6) is 1.47. The summed E-state index contributed by atoms with van der Waals surface area (Å²) in [6.07, 6.45) is 11.0. The van der Waals surface area contributed by atoms with E-state index in [9.17, 15) is 0 Å². The number of aromatic nitrogens is 2. The molecule has 1 fully saturated rings. The summed E-state index contributed by atoms with van der Waals surface area (Å²) in [7, 11) is 0. The first-order chi connectivity index (χ1) is 7.77. The Kier molecular flexibility index (Phi) is 4.82. The van der Waals surface area contributed by atoms with Gasteiger partial charge in [-0.3, -0.25) is 0 Å². The van der Waals surface area contributed by atoms with Crippen LogP contribution in [0, 0.1) is 3.57 Å². The average molecular weight is 351 g/mol. The van der Waals surface area contributed by atoms with Gasteiger partial charge >= 0.3 is 0 Å². The fourth-order valence-electron chi connectivity index (χ4n) is 2.27. The van der Waals surface area contributed by atoms with Crippen molar-refractivity contribution in [2.45, 2.75) is 50.9 Å². The van der Waals surface area contributed by atoms with Crippen LogP contribution < -0.4 is 0 Å². The predicted molar refractivity (Wildman–Crippen MR) is 74.8 cm³/mol. The predicted octanol–water partition coefficient (Wildman–Crippen LogP) is 4.56. The Labute approximate surface area is 115 Å². The van der Waals surface area contributed by atoms with E-state index >= 15 is 0 Å². The summed E-state index contributed by atoms with van der Waals surface area (Å²) >= 11 is 8.22. The maximum absolute atomic E-state index is 6.05. The second-order valence-corrected chi connectivity index (χ2v) is 5.93. The summed E-state index contributed by atoms with van der Waals surface area (Å²) in [5, 5.41) is 0.604. The Hall–Kier alpha value is 0.100. The Balaban J connectivity index is 2.11. The van der Waals surface area contributed by atoms with Crippen molar-refractivity contribution in [1.82, 2.24) is 9.97 Å². The number of halogens is 2. The van der Waals surface area contributed by atoms with Crippen LogP contribution in [0.1, 0.15) is 56.7 Å². The van der Waals surface area contributed by atoms with Gasteiger partial charge in [-0.1, -0.05) is 43.7 Å². The van der Waals surface area contributed by atoms with Crippen LogP contribution in [-0.2, 0) is 0 Å². The maximum Gasteiger partial charge on any atom is 0.146 e. The van der Waals surface area contributed by atoms with Crippen molar-refractivity contribution >= 4 is 34.2 Å². The van der Waals surface area contributed by atoms with E-state index in [0.29, 0.717) is 11.1 Å². The minimum absolute atomic E-state index is 0.523. The van der Waals surface area contributed by atoms with Gasteiger partial charge in [0, 0.05) is 12.1 Å². The van der Waals surface area contributed by atoms with Gasteiger partial charge in [0.2, 0.25) is 0 Å². The van der Waals surface area contributed by atoms with Crippen molar-refractivity contribution in [3.63, 3.8) is 0 Å². The number of nitrogens with zero attached hydrogens (tertiary/aromatic N) is 2. The van der Waals surface area contributed by atoms with Gasteiger partial charge in [-0.05, 0) is 35.4 Å². The first kappa shape index (κ1) is 12.6.